The van der Waals surface area contributed by atoms with Crippen LogP contribution in [0.25, 0.3) is 0 Å². The second kappa shape index (κ2) is 4.67. The van der Waals surface area contributed by atoms with E-state index in [0.717, 1.165) is 5.46 Å². The van der Waals surface area contributed by atoms with Gasteiger partial charge in [0.05, 0.1) is 0 Å². The molecule has 0 aromatic carbocycles. The van der Waals surface area contributed by atoms with Crippen LogP contribution in [0.1, 0.15) is 39.5 Å². The molecule has 0 unspecified atom stereocenters. The van der Waals surface area contributed by atoms with Crippen LogP contribution in [0.4, 0.5) is 0 Å². The van der Waals surface area contributed by atoms with Crippen molar-refractivity contribution in [2.45, 2.75) is 51.2 Å². The summed E-state index contributed by atoms with van der Waals surface area (Å²) in [6.45, 7) is 4.61. The van der Waals surface area contributed by atoms with Crippen LogP contribution in [-0.4, -0.2) is 23.7 Å². The van der Waals surface area contributed by atoms with Gasteiger partial charge in [0.25, 0.3) is 0 Å². The highest BCUT2D eigenvalue weighted by molar-refractivity contribution is 6.65. The third-order valence-electron chi connectivity index (χ3n) is 4.43. The highest BCUT2D eigenvalue weighted by Gasteiger charge is 2.46. The number of fused-ring (bicyclic) bond motifs is 1. The summed E-state index contributed by atoms with van der Waals surface area (Å²) in [5.41, 5.74) is 1.28. The summed E-state index contributed by atoms with van der Waals surface area (Å²) in [5, 5.41) is 3.65. The van der Waals surface area contributed by atoms with Crippen molar-refractivity contribution in [3.63, 3.8) is 0 Å². The number of nitrogens with one attached hydrogen (secondary N) is 1. The van der Waals surface area contributed by atoms with Crippen molar-refractivity contribution in [2.24, 2.45) is 5.92 Å². The number of hydrogen-bond donors (Lipinski definition) is 1. The van der Waals surface area contributed by atoms with Gasteiger partial charge < -0.3 is 9.88 Å². The van der Waals surface area contributed by atoms with Crippen LogP contribution in [0.5, 0.6) is 0 Å². The minimum absolute atomic E-state index is 0.00644. The molecule has 1 N–H and O–H groups in total. The van der Waals surface area contributed by atoms with E-state index in [9.17, 15) is 0 Å². The lowest BCUT2D eigenvalue weighted by molar-refractivity contribution is 0.0167. The van der Waals surface area contributed by atoms with Gasteiger partial charge in [-0.15, -0.1) is 0 Å². The average molecular weight is 244 g/mol. The number of hydrogen-bond acceptors (Lipinski definition) is 3. The van der Waals surface area contributed by atoms with Gasteiger partial charge in [-0.05, 0) is 38.2 Å². The highest BCUT2D eigenvalue weighted by Crippen LogP contribution is 2.37. The first-order valence-electron chi connectivity index (χ1n) is 7.00. The van der Waals surface area contributed by atoms with E-state index in [2.05, 4.69) is 30.1 Å². The SMILES string of the molecule is CC1(C)NB(c2cccnc2)O[C@@H]2CCCC[C@@H]21. The molecular weight excluding hydrogens is 223 g/mol. The lowest BCUT2D eigenvalue weighted by Crippen LogP contribution is -2.68. The van der Waals surface area contributed by atoms with Gasteiger partial charge >= 0.3 is 7.05 Å². The summed E-state index contributed by atoms with van der Waals surface area (Å²) in [6.07, 6.45) is 9.24. The maximum atomic E-state index is 6.26. The standard InChI is InChI=1S/C14H21BN2O/c1-14(2)12-7-3-4-8-13(12)18-15(17-14)11-6-5-9-16-10-11/h5-6,9-10,12-13,17H,3-4,7-8H2,1-2H3/t12-,13+/m0/s1. The van der Waals surface area contributed by atoms with E-state index in [1.807, 2.05) is 12.3 Å². The largest absolute Gasteiger partial charge is 0.418 e. The van der Waals surface area contributed by atoms with Crippen molar-refractivity contribution < 1.29 is 4.65 Å². The Morgan fingerprint density at radius 3 is 3.00 bits per heavy atom. The van der Waals surface area contributed by atoms with Gasteiger partial charge in [-0.1, -0.05) is 18.9 Å². The predicted octanol–water partition coefficient (Wildman–Crippen LogP) is 1.73. The number of nitrogens with zero attached hydrogens (tertiary/aromatic N) is 1. The molecule has 0 radical (unpaired) electrons. The number of pyridine rings is 1. The Balaban J connectivity index is 1.83. The van der Waals surface area contributed by atoms with Crippen LogP contribution in [0.2, 0.25) is 0 Å². The van der Waals surface area contributed by atoms with E-state index in [-0.39, 0.29) is 12.6 Å². The Morgan fingerprint density at radius 1 is 1.39 bits per heavy atom. The first kappa shape index (κ1) is 12.2. The smallest absolute Gasteiger partial charge is 0.414 e. The molecule has 1 aromatic rings. The van der Waals surface area contributed by atoms with Gasteiger partial charge in [-0.2, -0.15) is 0 Å². The maximum absolute atomic E-state index is 6.26. The van der Waals surface area contributed by atoms with Gasteiger partial charge in [-0.3, -0.25) is 4.98 Å². The summed E-state index contributed by atoms with van der Waals surface area (Å²) in [7, 11) is -0.00644. The van der Waals surface area contributed by atoms with Crippen LogP contribution in [0.3, 0.4) is 0 Å². The molecule has 0 amide bonds. The van der Waals surface area contributed by atoms with E-state index in [0.29, 0.717) is 12.0 Å². The molecule has 3 rings (SSSR count). The lowest BCUT2D eigenvalue weighted by Gasteiger charge is -2.49. The Kier molecular flexibility index (Phi) is 3.16. The molecule has 3 nitrogen and oxygen atoms in total. The van der Waals surface area contributed by atoms with Gasteiger partial charge in [-0.25, -0.2) is 0 Å². The zero-order valence-corrected chi connectivity index (χ0v) is 11.2. The molecule has 2 heterocycles. The molecule has 4 heteroatoms. The first-order chi connectivity index (χ1) is 8.67. The van der Waals surface area contributed by atoms with Crippen molar-refractivity contribution in [3.8, 4) is 0 Å². The Labute approximate surface area is 109 Å². The number of rotatable bonds is 1. The number of aromatic nitrogens is 1. The third-order valence-corrected chi connectivity index (χ3v) is 4.43. The predicted molar refractivity (Wildman–Crippen MR) is 73.7 cm³/mol. The second-order valence-corrected chi connectivity index (χ2v) is 6.10. The molecule has 1 aromatic heterocycles. The monoisotopic (exact) mass is 244 g/mol. The van der Waals surface area contributed by atoms with Gasteiger partial charge in [0.15, 0.2) is 0 Å². The van der Waals surface area contributed by atoms with E-state index in [1.165, 1.54) is 25.7 Å². The topological polar surface area (TPSA) is 34.2 Å². The molecule has 1 saturated carbocycles. The molecule has 18 heavy (non-hydrogen) atoms. The molecular formula is C14H21BN2O. The molecule has 1 saturated heterocycles. The third kappa shape index (κ3) is 2.19. The summed E-state index contributed by atoms with van der Waals surface area (Å²) in [6, 6.07) is 4.06. The Bertz CT molecular complexity index is 410. The molecule has 1 aliphatic heterocycles. The van der Waals surface area contributed by atoms with Crippen molar-refractivity contribution >= 4 is 12.5 Å². The maximum Gasteiger partial charge on any atom is 0.418 e. The minimum Gasteiger partial charge on any atom is -0.414 e. The fourth-order valence-electron chi connectivity index (χ4n) is 3.43. The fourth-order valence-corrected chi connectivity index (χ4v) is 3.43. The highest BCUT2D eigenvalue weighted by atomic mass is 16.5. The molecule has 1 aliphatic carbocycles. The molecule has 96 valence electrons. The van der Waals surface area contributed by atoms with Crippen LogP contribution in [0.15, 0.2) is 24.5 Å². The normalized spacial score (nSPS) is 30.9. The molecule has 2 atom stereocenters. The van der Waals surface area contributed by atoms with E-state index in [4.69, 9.17) is 4.65 Å². The lowest BCUT2D eigenvalue weighted by atomic mass is 9.63. The quantitative estimate of drug-likeness (QED) is 0.764. The van der Waals surface area contributed by atoms with Gasteiger partial charge in [0, 0.05) is 30.0 Å². The van der Waals surface area contributed by atoms with Crippen LogP contribution >= 0.6 is 0 Å². The van der Waals surface area contributed by atoms with Crippen LogP contribution < -0.4 is 10.7 Å². The summed E-state index contributed by atoms with van der Waals surface area (Å²) in [5.74, 6) is 0.638. The Hall–Kier alpha value is -0.865. The van der Waals surface area contributed by atoms with E-state index < -0.39 is 0 Å². The van der Waals surface area contributed by atoms with Gasteiger partial charge in [0.1, 0.15) is 0 Å². The zero-order valence-electron chi connectivity index (χ0n) is 11.2. The first-order valence-corrected chi connectivity index (χ1v) is 7.00. The molecule has 0 spiro atoms. The second-order valence-electron chi connectivity index (χ2n) is 6.10. The van der Waals surface area contributed by atoms with E-state index in [1.54, 1.807) is 6.20 Å². The van der Waals surface area contributed by atoms with Crippen LogP contribution in [-0.2, 0) is 4.65 Å². The van der Waals surface area contributed by atoms with Crippen molar-refractivity contribution in [2.75, 3.05) is 0 Å². The summed E-state index contributed by atoms with van der Waals surface area (Å²) < 4.78 is 6.26. The van der Waals surface area contributed by atoms with Crippen molar-refractivity contribution in [1.29, 1.82) is 0 Å². The molecule has 2 aliphatic rings. The Morgan fingerprint density at radius 2 is 2.22 bits per heavy atom. The average Bonchev–Trinajstić information content (AvgIpc) is 2.39. The van der Waals surface area contributed by atoms with Crippen molar-refractivity contribution in [1.82, 2.24) is 10.2 Å². The zero-order chi connectivity index (χ0) is 12.6. The minimum atomic E-state index is -0.00644. The van der Waals surface area contributed by atoms with Crippen molar-refractivity contribution in [3.05, 3.63) is 24.5 Å². The summed E-state index contributed by atoms with van der Waals surface area (Å²) in [4.78, 5) is 4.19. The van der Waals surface area contributed by atoms with E-state index >= 15 is 0 Å². The molecule has 0 bridgehead atoms. The van der Waals surface area contributed by atoms with Gasteiger partial charge in [0.2, 0.25) is 0 Å². The summed E-state index contributed by atoms with van der Waals surface area (Å²) >= 11 is 0. The fraction of sp³-hybridized carbons (Fsp3) is 0.643. The van der Waals surface area contributed by atoms with Crippen LogP contribution in [0, 0.1) is 5.92 Å². The molecule has 2 fully saturated rings.